The number of aromatic nitrogens is 2. The van der Waals surface area contributed by atoms with Crippen LogP contribution in [0.25, 0.3) is 5.65 Å². The Balaban J connectivity index is 1.47. The summed E-state index contributed by atoms with van der Waals surface area (Å²) in [6.45, 7) is 2.25. The molecular weight excluding hydrogens is 392 g/mol. The number of rotatable bonds is 6. The van der Waals surface area contributed by atoms with Gasteiger partial charge in [0.25, 0.3) is 11.8 Å². The quantitative estimate of drug-likeness (QED) is 0.502. The Kier molecular flexibility index (Phi) is 5.66. The van der Waals surface area contributed by atoms with Crippen LogP contribution in [0.3, 0.4) is 0 Å². The molecule has 0 spiro atoms. The Hall–Kier alpha value is -4.13. The molecule has 2 amide bonds. The van der Waals surface area contributed by atoms with E-state index >= 15 is 0 Å². The van der Waals surface area contributed by atoms with Crippen molar-refractivity contribution in [2.24, 2.45) is 0 Å². The predicted molar refractivity (Wildman–Crippen MR) is 118 cm³/mol. The van der Waals surface area contributed by atoms with Crippen molar-refractivity contribution in [3.05, 3.63) is 95.4 Å². The van der Waals surface area contributed by atoms with Crippen LogP contribution in [0.4, 0.5) is 5.69 Å². The Bertz CT molecular complexity index is 1250. The molecule has 0 aliphatic rings. The van der Waals surface area contributed by atoms with Crippen LogP contribution in [0.5, 0.6) is 5.75 Å². The minimum atomic E-state index is -0.297. The maximum absolute atomic E-state index is 12.8. The number of benzene rings is 2. The number of nitrogens with zero attached hydrogens (tertiary/aromatic N) is 2. The second-order valence-electron chi connectivity index (χ2n) is 7.05. The van der Waals surface area contributed by atoms with Gasteiger partial charge in [0.05, 0.1) is 11.3 Å². The fourth-order valence-corrected chi connectivity index (χ4v) is 3.25. The summed E-state index contributed by atoms with van der Waals surface area (Å²) in [6, 6.07) is 17.7. The second kappa shape index (κ2) is 8.71. The summed E-state index contributed by atoms with van der Waals surface area (Å²) in [4.78, 5) is 29.1. The van der Waals surface area contributed by atoms with Gasteiger partial charge in [-0.25, -0.2) is 4.98 Å². The third-order valence-corrected chi connectivity index (χ3v) is 4.87. The molecule has 7 heteroatoms. The summed E-state index contributed by atoms with van der Waals surface area (Å²) in [6.07, 6.45) is 3.86. The Morgan fingerprint density at radius 1 is 1.00 bits per heavy atom. The Morgan fingerprint density at radius 3 is 2.52 bits per heavy atom. The third-order valence-electron chi connectivity index (χ3n) is 4.87. The first-order valence-corrected chi connectivity index (χ1v) is 9.83. The molecule has 7 nitrogen and oxygen atoms in total. The highest BCUT2D eigenvalue weighted by molar-refractivity contribution is 6.06. The number of hydrogen-bond donors (Lipinski definition) is 2. The number of amides is 2. The van der Waals surface area contributed by atoms with E-state index in [9.17, 15) is 9.59 Å². The molecule has 0 radical (unpaired) electrons. The Morgan fingerprint density at radius 2 is 1.77 bits per heavy atom. The van der Waals surface area contributed by atoms with Crippen molar-refractivity contribution in [2.75, 3.05) is 12.4 Å². The van der Waals surface area contributed by atoms with Crippen LogP contribution in [0.1, 0.15) is 32.0 Å². The molecule has 0 atom stereocenters. The number of pyridine rings is 1. The SMILES string of the molecule is CNC(=O)c1ccc(NC(=O)c2ccccc2OCc2cn3cccc(C)c3n2)cc1. The molecule has 2 aromatic carbocycles. The molecule has 0 unspecified atom stereocenters. The van der Waals surface area contributed by atoms with Crippen molar-refractivity contribution in [3.63, 3.8) is 0 Å². The standard InChI is InChI=1S/C24H22N4O3/c1-16-6-5-13-28-14-19(26-22(16)28)15-31-21-8-4-3-7-20(21)24(30)27-18-11-9-17(10-12-18)23(29)25-2/h3-14H,15H2,1-2H3,(H,25,29)(H,27,30). The first-order chi connectivity index (χ1) is 15.0. The topological polar surface area (TPSA) is 84.7 Å². The van der Waals surface area contributed by atoms with Gasteiger partial charge >= 0.3 is 0 Å². The number of hydrogen-bond acceptors (Lipinski definition) is 4. The van der Waals surface area contributed by atoms with E-state index in [0.717, 1.165) is 16.9 Å². The van der Waals surface area contributed by atoms with Crippen LogP contribution in [0, 0.1) is 6.92 Å². The molecule has 2 N–H and O–H groups in total. The van der Waals surface area contributed by atoms with E-state index in [4.69, 9.17) is 4.74 Å². The number of aryl methyl sites for hydroxylation is 1. The number of anilines is 1. The summed E-state index contributed by atoms with van der Waals surface area (Å²) in [5.74, 6) is -0.0105. The molecule has 2 heterocycles. The molecule has 0 fully saturated rings. The van der Waals surface area contributed by atoms with Crippen LogP contribution < -0.4 is 15.4 Å². The monoisotopic (exact) mass is 414 g/mol. The van der Waals surface area contributed by atoms with Gasteiger partial charge in [-0.05, 0) is 55.0 Å². The average Bonchev–Trinajstić information content (AvgIpc) is 3.22. The largest absolute Gasteiger partial charge is 0.486 e. The first-order valence-electron chi connectivity index (χ1n) is 9.83. The van der Waals surface area contributed by atoms with E-state index in [1.807, 2.05) is 41.9 Å². The van der Waals surface area contributed by atoms with Gasteiger partial charge < -0.3 is 19.8 Å². The zero-order valence-corrected chi connectivity index (χ0v) is 17.3. The minimum absolute atomic E-state index is 0.182. The molecule has 0 aliphatic heterocycles. The van der Waals surface area contributed by atoms with E-state index in [1.54, 1.807) is 49.5 Å². The summed E-state index contributed by atoms with van der Waals surface area (Å²) in [7, 11) is 1.57. The number of ether oxygens (including phenoxy) is 1. The summed E-state index contributed by atoms with van der Waals surface area (Å²) in [5.41, 5.74) is 4.26. The van der Waals surface area contributed by atoms with Gasteiger partial charge in [-0.2, -0.15) is 0 Å². The highest BCUT2D eigenvalue weighted by atomic mass is 16.5. The molecule has 0 saturated heterocycles. The molecule has 2 aromatic heterocycles. The highest BCUT2D eigenvalue weighted by Gasteiger charge is 2.14. The molecule has 4 rings (SSSR count). The fourth-order valence-electron chi connectivity index (χ4n) is 3.25. The minimum Gasteiger partial charge on any atom is -0.486 e. The molecule has 156 valence electrons. The Labute approximate surface area is 179 Å². The third kappa shape index (κ3) is 4.40. The van der Waals surface area contributed by atoms with E-state index in [1.165, 1.54) is 0 Å². The van der Waals surface area contributed by atoms with Gasteiger partial charge in [-0.15, -0.1) is 0 Å². The van der Waals surface area contributed by atoms with Crippen molar-refractivity contribution < 1.29 is 14.3 Å². The van der Waals surface area contributed by atoms with Gasteiger partial charge in [0.15, 0.2) is 0 Å². The zero-order chi connectivity index (χ0) is 21.8. The number of carbonyl (C=O) groups excluding carboxylic acids is 2. The maximum Gasteiger partial charge on any atom is 0.259 e. The lowest BCUT2D eigenvalue weighted by molar-refractivity contribution is 0.0962. The predicted octanol–water partition coefficient (Wildman–Crippen LogP) is 3.83. The summed E-state index contributed by atoms with van der Waals surface area (Å²) in [5, 5.41) is 5.40. The van der Waals surface area contributed by atoms with Crippen LogP contribution >= 0.6 is 0 Å². The van der Waals surface area contributed by atoms with E-state index in [0.29, 0.717) is 22.6 Å². The van der Waals surface area contributed by atoms with Crippen LogP contribution in [0.15, 0.2) is 73.1 Å². The lowest BCUT2D eigenvalue weighted by Crippen LogP contribution is -2.18. The van der Waals surface area contributed by atoms with Gasteiger partial charge in [0.1, 0.15) is 18.0 Å². The molecular formula is C24H22N4O3. The van der Waals surface area contributed by atoms with E-state index < -0.39 is 0 Å². The summed E-state index contributed by atoms with van der Waals surface area (Å²) >= 11 is 0. The molecule has 0 bridgehead atoms. The zero-order valence-electron chi connectivity index (χ0n) is 17.3. The number of fused-ring (bicyclic) bond motifs is 1. The van der Waals surface area contributed by atoms with Crippen molar-refractivity contribution >= 4 is 23.1 Å². The van der Waals surface area contributed by atoms with Crippen molar-refractivity contribution in [2.45, 2.75) is 13.5 Å². The summed E-state index contributed by atoms with van der Waals surface area (Å²) < 4.78 is 7.88. The number of nitrogens with one attached hydrogen (secondary N) is 2. The highest BCUT2D eigenvalue weighted by Crippen LogP contribution is 2.21. The normalized spacial score (nSPS) is 10.6. The van der Waals surface area contributed by atoms with E-state index in [-0.39, 0.29) is 18.4 Å². The lowest BCUT2D eigenvalue weighted by Gasteiger charge is -2.11. The van der Waals surface area contributed by atoms with Crippen molar-refractivity contribution in [1.29, 1.82) is 0 Å². The maximum atomic E-state index is 12.8. The number of imidazole rings is 1. The van der Waals surface area contributed by atoms with Crippen LogP contribution in [-0.2, 0) is 6.61 Å². The number of carbonyl (C=O) groups is 2. The van der Waals surface area contributed by atoms with E-state index in [2.05, 4.69) is 15.6 Å². The second-order valence-corrected chi connectivity index (χ2v) is 7.05. The first kappa shape index (κ1) is 20.2. The van der Waals surface area contributed by atoms with Gasteiger partial charge in [-0.1, -0.05) is 18.2 Å². The fraction of sp³-hybridized carbons (Fsp3) is 0.125. The van der Waals surface area contributed by atoms with Crippen LogP contribution in [0.2, 0.25) is 0 Å². The average molecular weight is 414 g/mol. The van der Waals surface area contributed by atoms with Gasteiger partial charge in [0.2, 0.25) is 0 Å². The lowest BCUT2D eigenvalue weighted by atomic mass is 10.1. The smallest absolute Gasteiger partial charge is 0.259 e. The molecule has 4 aromatic rings. The molecule has 31 heavy (non-hydrogen) atoms. The van der Waals surface area contributed by atoms with Crippen molar-refractivity contribution in [1.82, 2.24) is 14.7 Å². The van der Waals surface area contributed by atoms with Crippen molar-refractivity contribution in [3.8, 4) is 5.75 Å². The number of para-hydroxylation sites is 1. The van der Waals surface area contributed by atoms with Gasteiger partial charge in [-0.3, -0.25) is 9.59 Å². The van der Waals surface area contributed by atoms with Crippen LogP contribution in [-0.4, -0.2) is 28.2 Å². The van der Waals surface area contributed by atoms with Gasteiger partial charge in [0, 0.05) is 30.7 Å². The molecule has 0 aliphatic carbocycles. The molecule has 0 saturated carbocycles.